The van der Waals surface area contributed by atoms with Gasteiger partial charge in [-0.1, -0.05) is 30.3 Å². The lowest BCUT2D eigenvalue weighted by Gasteiger charge is -2.17. The third-order valence-electron chi connectivity index (χ3n) is 3.39. The van der Waals surface area contributed by atoms with Crippen LogP contribution >= 0.6 is 0 Å². The molecule has 0 spiro atoms. The van der Waals surface area contributed by atoms with Crippen molar-refractivity contribution < 1.29 is 24.1 Å². The quantitative estimate of drug-likeness (QED) is 0.475. The number of hydrogen-bond acceptors (Lipinski definition) is 5. The molecule has 0 fully saturated rings. The molecule has 1 aliphatic rings. The average molecular weight is 292 g/mol. The number of carbonyl (C=O) groups is 1. The lowest BCUT2D eigenvalue weighted by atomic mass is 9.96. The summed E-state index contributed by atoms with van der Waals surface area (Å²) in [6, 6.07) is 9.50. The number of esters is 1. The summed E-state index contributed by atoms with van der Waals surface area (Å²) in [5.41, 5.74) is 0.938. The molecule has 114 valence electrons. The van der Waals surface area contributed by atoms with Crippen LogP contribution in [0.4, 0.5) is 0 Å². The summed E-state index contributed by atoms with van der Waals surface area (Å²) in [6.07, 6.45) is 1.96. The van der Waals surface area contributed by atoms with Gasteiger partial charge in [0.15, 0.2) is 0 Å². The van der Waals surface area contributed by atoms with E-state index in [1.807, 2.05) is 30.3 Å². The molecule has 0 aliphatic heterocycles. The third kappa shape index (κ3) is 4.58. The Kier molecular flexibility index (Phi) is 5.78. The molecule has 0 radical (unpaired) electrons. The van der Waals surface area contributed by atoms with E-state index in [-0.39, 0.29) is 31.0 Å². The fourth-order valence-corrected chi connectivity index (χ4v) is 2.33. The smallest absolute Gasteiger partial charge is 0.310 e. The Hall–Kier alpha value is -1.85. The second-order valence-corrected chi connectivity index (χ2v) is 5.00. The average Bonchev–Trinajstić information content (AvgIpc) is 2.87. The summed E-state index contributed by atoms with van der Waals surface area (Å²) in [7, 11) is 1.54. The molecule has 5 heteroatoms. The number of methoxy groups -OCH3 is 1. The van der Waals surface area contributed by atoms with E-state index in [4.69, 9.17) is 14.2 Å². The predicted octanol–water partition coefficient (Wildman–Crippen LogP) is 2.43. The normalized spacial score (nSPS) is 21.1. The molecular formula is C16H20O5. The molecule has 2 atom stereocenters. The van der Waals surface area contributed by atoms with E-state index < -0.39 is 5.92 Å². The van der Waals surface area contributed by atoms with Gasteiger partial charge in [-0.15, -0.1) is 0 Å². The molecule has 0 unspecified atom stereocenters. The SMILES string of the molecule is COCOC[C@H]1C=C(O)C[C@@H]1C(=O)OCc1ccccc1. The maximum absolute atomic E-state index is 12.2. The van der Waals surface area contributed by atoms with Crippen molar-refractivity contribution in [2.45, 2.75) is 13.0 Å². The lowest BCUT2D eigenvalue weighted by molar-refractivity contribution is -0.152. The van der Waals surface area contributed by atoms with E-state index in [9.17, 15) is 9.90 Å². The summed E-state index contributed by atoms with van der Waals surface area (Å²) < 4.78 is 15.4. The lowest BCUT2D eigenvalue weighted by Crippen LogP contribution is -2.25. The summed E-state index contributed by atoms with van der Waals surface area (Å²) in [4.78, 5) is 12.2. The Morgan fingerprint density at radius 3 is 2.81 bits per heavy atom. The van der Waals surface area contributed by atoms with E-state index in [2.05, 4.69) is 0 Å². The molecule has 2 rings (SSSR count). The summed E-state index contributed by atoms with van der Waals surface area (Å²) in [6.45, 7) is 0.725. The second kappa shape index (κ2) is 7.81. The molecule has 1 aliphatic carbocycles. The van der Waals surface area contributed by atoms with Crippen molar-refractivity contribution in [3.8, 4) is 0 Å². The number of ether oxygens (including phenoxy) is 3. The highest BCUT2D eigenvalue weighted by atomic mass is 16.7. The van der Waals surface area contributed by atoms with Crippen molar-refractivity contribution in [3.63, 3.8) is 0 Å². The van der Waals surface area contributed by atoms with Crippen molar-refractivity contribution in [3.05, 3.63) is 47.7 Å². The van der Waals surface area contributed by atoms with Gasteiger partial charge in [-0.25, -0.2) is 0 Å². The molecule has 0 saturated carbocycles. The van der Waals surface area contributed by atoms with E-state index in [1.54, 1.807) is 6.08 Å². The van der Waals surface area contributed by atoms with Crippen molar-refractivity contribution in [2.75, 3.05) is 20.5 Å². The molecule has 0 aromatic heterocycles. The highest BCUT2D eigenvalue weighted by Crippen LogP contribution is 2.31. The number of aliphatic hydroxyl groups excluding tert-OH is 1. The van der Waals surface area contributed by atoms with Gasteiger partial charge in [-0.2, -0.15) is 0 Å². The van der Waals surface area contributed by atoms with Crippen molar-refractivity contribution in [2.24, 2.45) is 11.8 Å². The number of rotatable bonds is 7. The molecule has 21 heavy (non-hydrogen) atoms. The zero-order valence-corrected chi connectivity index (χ0v) is 12.0. The van der Waals surface area contributed by atoms with Gasteiger partial charge in [0.2, 0.25) is 0 Å². The molecule has 1 aromatic rings. The fraction of sp³-hybridized carbons (Fsp3) is 0.438. The molecule has 0 amide bonds. The number of hydrogen-bond donors (Lipinski definition) is 1. The van der Waals surface area contributed by atoms with Crippen LogP contribution in [0.2, 0.25) is 0 Å². The number of carbonyl (C=O) groups excluding carboxylic acids is 1. The van der Waals surface area contributed by atoms with Gasteiger partial charge in [-0.3, -0.25) is 4.79 Å². The number of aliphatic hydroxyl groups is 1. The zero-order valence-electron chi connectivity index (χ0n) is 12.0. The first-order valence-electron chi connectivity index (χ1n) is 6.87. The third-order valence-corrected chi connectivity index (χ3v) is 3.39. The minimum absolute atomic E-state index is 0.164. The van der Waals surface area contributed by atoms with Crippen LogP contribution < -0.4 is 0 Å². The molecule has 0 saturated heterocycles. The maximum Gasteiger partial charge on any atom is 0.310 e. The van der Waals surface area contributed by atoms with Gasteiger partial charge in [-0.05, 0) is 11.6 Å². The van der Waals surface area contributed by atoms with Gasteiger partial charge in [0, 0.05) is 19.4 Å². The van der Waals surface area contributed by atoms with Gasteiger partial charge in [0.25, 0.3) is 0 Å². The largest absolute Gasteiger partial charge is 0.513 e. The predicted molar refractivity (Wildman–Crippen MR) is 76.4 cm³/mol. The minimum Gasteiger partial charge on any atom is -0.513 e. The second-order valence-electron chi connectivity index (χ2n) is 5.00. The zero-order chi connectivity index (χ0) is 15.1. The number of allylic oxidation sites excluding steroid dienone is 1. The van der Waals surface area contributed by atoms with E-state index in [0.717, 1.165) is 5.56 Å². The van der Waals surface area contributed by atoms with Gasteiger partial charge in [0.05, 0.1) is 18.3 Å². The van der Waals surface area contributed by atoms with Crippen LogP contribution in [0.5, 0.6) is 0 Å². The first-order valence-corrected chi connectivity index (χ1v) is 6.87. The van der Waals surface area contributed by atoms with E-state index >= 15 is 0 Å². The van der Waals surface area contributed by atoms with Crippen LogP contribution in [-0.2, 0) is 25.6 Å². The van der Waals surface area contributed by atoms with Crippen LogP contribution in [0.15, 0.2) is 42.2 Å². The minimum atomic E-state index is -0.398. The first-order chi connectivity index (χ1) is 10.2. The van der Waals surface area contributed by atoms with E-state index in [0.29, 0.717) is 13.0 Å². The maximum atomic E-state index is 12.2. The van der Waals surface area contributed by atoms with Crippen LogP contribution in [-0.4, -0.2) is 31.6 Å². The summed E-state index contributed by atoms with van der Waals surface area (Å²) in [5, 5.41) is 9.63. The van der Waals surface area contributed by atoms with Crippen molar-refractivity contribution >= 4 is 5.97 Å². The molecule has 1 aromatic carbocycles. The molecule has 5 nitrogen and oxygen atoms in total. The van der Waals surface area contributed by atoms with Crippen molar-refractivity contribution in [1.82, 2.24) is 0 Å². The molecule has 0 bridgehead atoms. The molecule has 0 heterocycles. The molecule has 1 N–H and O–H groups in total. The molecular weight excluding hydrogens is 272 g/mol. The Morgan fingerprint density at radius 2 is 2.10 bits per heavy atom. The Labute approximate surface area is 124 Å². The first kappa shape index (κ1) is 15.5. The monoisotopic (exact) mass is 292 g/mol. The van der Waals surface area contributed by atoms with Crippen LogP contribution in [0, 0.1) is 11.8 Å². The Morgan fingerprint density at radius 1 is 1.33 bits per heavy atom. The Balaban J connectivity index is 1.85. The van der Waals surface area contributed by atoms with Crippen LogP contribution in [0.1, 0.15) is 12.0 Å². The van der Waals surface area contributed by atoms with Gasteiger partial charge < -0.3 is 19.3 Å². The summed E-state index contributed by atoms with van der Waals surface area (Å²) >= 11 is 0. The standard InChI is InChI=1S/C16H20O5/c1-19-11-20-10-13-7-14(17)8-15(13)16(18)21-9-12-5-3-2-4-6-12/h2-7,13,15,17H,8-11H2,1H3/t13-,15+/m1/s1. The van der Waals surface area contributed by atoms with Gasteiger partial charge >= 0.3 is 5.97 Å². The highest BCUT2D eigenvalue weighted by Gasteiger charge is 2.34. The van der Waals surface area contributed by atoms with Crippen LogP contribution in [0.25, 0.3) is 0 Å². The Bertz CT molecular complexity index is 483. The highest BCUT2D eigenvalue weighted by molar-refractivity contribution is 5.74. The van der Waals surface area contributed by atoms with Crippen LogP contribution in [0.3, 0.4) is 0 Å². The van der Waals surface area contributed by atoms with Gasteiger partial charge in [0.1, 0.15) is 13.4 Å². The van der Waals surface area contributed by atoms with Crippen molar-refractivity contribution in [1.29, 1.82) is 0 Å². The topological polar surface area (TPSA) is 65.0 Å². The van der Waals surface area contributed by atoms with E-state index in [1.165, 1.54) is 7.11 Å². The summed E-state index contributed by atoms with van der Waals surface area (Å²) in [5.74, 6) is -0.679. The fourth-order valence-electron chi connectivity index (χ4n) is 2.33. The number of benzene rings is 1.